The summed E-state index contributed by atoms with van der Waals surface area (Å²) in [7, 11) is 0. The Hall–Kier alpha value is -1.51. The van der Waals surface area contributed by atoms with E-state index in [2.05, 4.69) is 19.2 Å². The minimum atomic E-state index is -0.808. The van der Waals surface area contributed by atoms with Gasteiger partial charge in [-0.1, -0.05) is 38.8 Å². The highest BCUT2D eigenvalue weighted by molar-refractivity contribution is 5.82. The van der Waals surface area contributed by atoms with Gasteiger partial charge in [0.15, 0.2) is 0 Å². The smallest absolute Gasteiger partial charge is 0.329 e. The molecule has 2 N–H and O–H groups in total. The number of rotatable bonds is 4. The third kappa shape index (κ3) is 3.78. The van der Waals surface area contributed by atoms with Crippen molar-refractivity contribution in [1.29, 1.82) is 0 Å². The maximum absolute atomic E-state index is 11.9. The Morgan fingerprint density at radius 3 is 2.71 bits per heavy atom. The van der Waals surface area contributed by atoms with Crippen molar-refractivity contribution in [2.45, 2.75) is 58.4 Å². The first kappa shape index (κ1) is 15.9. The Balaban J connectivity index is 2.19. The van der Waals surface area contributed by atoms with E-state index in [9.17, 15) is 9.90 Å². The lowest BCUT2D eigenvalue weighted by Crippen LogP contribution is -2.46. The quantitative estimate of drug-likeness (QED) is 0.804. The lowest BCUT2D eigenvalue weighted by Gasteiger charge is -2.31. The van der Waals surface area contributed by atoms with Gasteiger partial charge in [0.2, 0.25) is 0 Å². The number of carboxylic acids is 1. The van der Waals surface area contributed by atoms with E-state index in [0.717, 1.165) is 30.5 Å². The van der Waals surface area contributed by atoms with Crippen LogP contribution in [0, 0.1) is 18.8 Å². The Labute approximate surface area is 127 Å². The van der Waals surface area contributed by atoms with Crippen LogP contribution in [0.25, 0.3) is 0 Å². The Morgan fingerprint density at radius 1 is 1.33 bits per heavy atom. The van der Waals surface area contributed by atoms with Crippen LogP contribution in [0.3, 0.4) is 0 Å². The summed E-state index contributed by atoms with van der Waals surface area (Å²) < 4.78 is 0. The van der Waals surface area contributed by atoms with Crippen molar-refractivity contribution in [1.82, 2.24) is 0 Å². The average Bonchev–Trinajstić information content (AvgIpc) is 2.62. The van der Waals surface area contributed by atoms with Gasteiger partial charge in [0, 0.05) is 5.69 Å². The van der Waals surface area contributed by atoms with Crippen LogP contribution in [0.4, 0.5) is 5.69 Å². The normalized spacial score (nSPS) is 26.4. The summed E-state index contributed by atoms with van der Waals surface area (Å²) in [6.07, 6.45) is 4.53. The molecule has 2 rings (SSSR count). The third-order valence-corrected chi connectivity index (χ3v) is 4.87. The van der Waals surface area contributed by atoms with Crippen LogP contribution in [-0.4, -0.2) is 16.6 Å². The van der Waals surface area contributed by atoms with E-state index in [1.807, 2.05) is 31.2 Å². The molecule has 2 atom stereocenters. The molecule has 0 heterocycles. The van der Waals surface area contributed by atoms with Crippen LogP contribution in [-0.2, 0) is 4.79 Å². The highest BCUT2D eigenvalue weighted by Crippen LogP contribution is 2.36. The Bertz CT molecular complexity index is 498. The zero-order chi connectivity index (χ0) is 15.5. The van der Waals surface area contributed by atoms with E-state index in [4.69, 9.17) is 0 Å². The zero-order valence-corrected chi connectivity index (χ0v) is 13.4. The molecule has 2 unspecified atom stereocenters. The van der Waals surface area contributed by atoms with E-state index in [1.54, 1.807) is 0 Å². The summed E-state index contributed by atoms with van der Waals surface area (Å²) in [5, 5.41) is 13.1. The first-order valence-corrected chi connectivity index (χ1v) is 8.01. The minimum Gasteiger partial charge on any atom is -0.480 e. The number of anilines is 1. The van der Waals surface area contributed by atoms with Crippen molar-refractivity contribution < 1.29 is 9.90 Å². The lowest BCUT2D eigenvalue weighted by atomic mass is 9.86. The molecule has 3 heteroatoms. The number of aryl methyl sites for hydroxylation is 1. The second-order valence-electron chi connectivity index (χ2n) is 6.82. The zero-order valence-electron chi connectivity index (χ0n) is 13.4. The molecule has 116 valence electrons. The van der Waals surface area contributed by atoms with Crippen LogP contribution < -0.4 is 5.32 Å². The van der Waals surface area contributed by atoms with E-state index in [-0.39, 0.29) is 0 Å². The fourth-order valence-corrected chi connectivity index (χ4v) is 3.43. The van der Waals surface area contributed by atoms with Crippen LogP contribution in [0.15, 0.2) is 24.3 Å². The van der Waals surface area contributed by atoms with Gasteiger partial charge in [0.25, 0.3) is 0 Å². The van der Waals surface area contributed by atoms with Crippen LogP contribution >= 0.6 is 0 Å². The molecule has 0 spiro atoms. The van der Waals surface area contributed by atoms with Gasteiger partial charge in [-0.15, -0.1) is 0 Å². The third-order valence-electron chi connectivity index (χ3n) is 4.87. The first-order chi connectivity index (χ1) is 9.93. The summed E-state index contributed by atoms with van der Waals surface area (Å²) in [5.41, 5.74) is 1.26. The molecule has 0 radical (unpaired) electrons. The van der Waals surface area contributed by atoms with E-state index < -0.39 is 11.5 Å². The number of aliphatic carboxylic acids is 1. The van der Waals surface area contributed by atoms with Gasteiger partial charge in [-0.3, -0.25) is 0 Å². The molecule has 1 saturated carbocycles. The minimum absolute atomic E-state index is 0.633. The first-order valence-electron chi connectivity index (χ1n) is 8.01. The Morgan fingerprint density at radius 2 is 2.10 bits per heavy atom. The molecule has 0 saturated heterocycles. The van der Waals surface area contributed by atoms with Crippen molar-refractivity contribution in [2.24, 2.45) is 11.8 Å². The summed E-state index contributed by atoms with van der Waals surface area (Å²) in [4.78, 5) is 11.9. The maximum Gasteiger partial charge on any atom is 0.329 e. The molecular weight excluding hydrogens is 262 g/mol. The summed E-state index contributed by atoms with van der Waals surface area (Å²) in [5.74, 6) is 0.563. The summed E-state index contributed by atoms with van der Waals surface area (Å²) in [6.45, 7) is 6.51. The van der Waals surface area contributed by atoms with Crippen LogP contribution in [0.2, 0.25) is 0 Å². The van der Waals surface area contributed by atoms with E-state index in [1.165, 1.54) is 0 Å². The van der Waals surface area contributed by atoms with Crippen molar-refractivity contribution in [3.8, 4) is 0 Å². The molecule has 1 aromatic rings. The molecule has 1 aliphatic carbocycles. The molecule has 21 heavy (non-hydrogen) atoms. The van der Waals surface area contributed by atoms with Gasteiger partial charge in [-0.05, 0) is 55.7 Å². The maximum atomic E-state index is 11.9. The van der Waals surface area contributed by atoms with E-state index in [0.29, 0.717) is 24.7 Å². The fraction of sp³-hybridized carbons (Fsp3) is 0.611. The molecule has 1 aliphatic rings. The average molecular weight is 289 g/mol. The van der Waals surface area contributed by atoms with Gasteiger partial charge >= 0.3 is 5.97 Å². The number of nitrogens with one attached hydrogen (secondary N) is 1. The topological polar surface area (TPSA) is 49.3 Å². The largest absolute Gasteiger partial charge is 0.480 e. The summed E-state index contributed by atoms with van der Waals surface area (Å²) >= 11 is 0. The molecule has 3 nitrogen and oxygen atoms in total. The highest BCUT2D eigenvalue weighted by Gasteiger charge is 2.40. The van der Waals surface area contributed by atoms with Crippen molar-refractivity contribution >= 4 is 11.7 Å². The molecule has 0 bridgehead atoms. The number of hydrogen-bond donors (Lipinski definition) is 2. The van der Waals surface area contributed by atoms with Gasteiger partial charge in [0.05, 0.1) is 0 Å². The SMILES string of the molecule is Cc1cccc(NC2(C(=O)O)CCCC(C(C)C)CC2)c1. The van der Waals surface area contributed by atoms with E-state index >= 15 is 0 Å². The standard InChI is InChI=1S/C18H27NO2/c1-13(2)15-7-5-10-18(11-9-15,17(20)21)19-16-8-4-6-14(3)12-16/h4,6,8,12-13,15,19H,5,7,9-11H2,1-3H3,(H,20,21). The summed E-state index contributed by atoms with van der Waals surface area (Å²) in [6, 6.07) is 7.99. The second kappa shape index (κ2) is 6.50. The number of carbonyl (C=O) groups is 1. The lowest BCUT2D eigenvalue weighted by molar-refractivity contribution is -0.142. The molecule has 1 aromatic carbocycles. The second-order valence-corrected chi connectivity index (χ2v) is 6.82. The van der Waals surface area contributed by atoms with Crippen LogP contribution in [0.5, 0.6) is 0 Å². The van der Waals surface area contributed by atoms with Crippen molar-refractivity contribution in [2.75, 3.05) is 5.32 Å². The monoisotopic (exact) mass is 289 g/mol. The molecule has 0 aromatic heterocycles. The van der Waals surface area contributed by atoms with Crippen LogP contribution in [0.1, 0.15) is 51.5 Å². The number of carboxylic acid groups (broad SMARTS) is 1. The Kier molecular flexibility index (Phi) is 4.92. The number of hydrogen-bond acceptors (Lipinski definition) is 2. The molecule has 0 amide bonds. The van der Waals surface area contributed by atoms with Crippen molar-refractivity contribution in [3.05, 3.63) is 29.8 Å². The molecular formula is C18H27NO2. The van der Waals surface area contributed by atoms with Gasteiger partial charge < -0.3 is 10.4 Å². The predicted octanol–water partition coefficient (Wildman–Crippen LogP) is 4.47. The molecule has 0 aliphatic heterocycles. The fourth-order valence-electron chi connectivity index (χ4n) is 3.43. The van der Waals surface area contributed by atoms with Gasteiger partial charge in [0.1, 0.15) is 5.54 Å². The van der Waals surface area contributed by atoms with Gasteiger partial charge in [-0.25, -0.2) is 4.79 Å². The number of benzene rings is 1. The molecule has 1 fully saturated rings. The highest BCUT2D eigenvalue weighted by atomic mass is 16.4. The van der Waals surface area contributed by atoms with Crippen molar-refractivity contribution in [3.63, 3.8) is 0 Å². The predicted molar refractivity (Wildman–Crippen MR) is 86.6 cm³/mol. The van der Waals surface area contributed by atoms with Gasteiger partial charge in [-0.2, -0.15) is 0 Å².